The number of carbonyl (C=O) groups is 1. The largest absolute Gasteiger partial charge is 0.396 e. The van der Waals surface area contributed by atoms with Gasteiger partial charge in [-0.2, -0.15) is 0 Å². The summed E-state index contributed by atoms with van der Waals surface area (Å²) in [6, 6.07) is 0. The SMILES string of the molecule is CNC(=O)c1sc(NCCCn2ccnc2)c(SC)c1N. The van der Waals surface area contributed by atoms with Crippen molar-refractivity contribution < 1.29 is 4.79 Å². The Morgan fingerprint density at radius 3 is 3.00 bits per heavy atom. The van der Waals surface area contributed by atoms with Gasteiger partial charge >= 0.3 is 0 Å². The highest BCUT2D eigenvalue weighted by Gasteiger charge is 2.19. The summed E-state index contributed by atoms with van der Waals surface area (Å²) in [6.45, 7) is 1.73. The van der Waals surface area contributed by atoms with Crippen LogP contribution in [-0.4, -0.2) is 35.3 Å². The number of hydrogen-bond donors (Lipinski definition) is 3. The molecule has 4 N–H and O–H groups in total. The molecule has 0 bridgehead atoms. The minimum absolute atomic E-state index is 0.140. The third kappa shape index (κ3) is 3.70. The highest BCUT2D eigenvalue weighted by molar-refractivity contribution is 7.99. The Hall–Kier alpha value is -1.67. The van der Waals surface area contributed by atoms with Gasteiger partial charge in [-0.1, -0.05) is 0 Å². The van der Waals surface area contributed by atoms with Crippen LogP contribution in [0.2, 0.25) is 0 Å². The van der Waals surface area contributed by atoms with Crippen molar-refractivity contribution in [2.75, 3.05) is 30.9 Å². The molecule has 8 heteroatoms. The summed E-state index contributed by atoms with van der Waals surface area (Å²) in [5, 5.41) is 6.95. The lowest BCUT2D eigenvalue weighted by molar-refractivity contribution is 0.0968. The Bertz CT molecular complexity index is 594. The first kappa shape index (κ1) is 15.7. The van der Waals surface area contributed by atoms with Gasteiger partial charge in [0.2, 0.25) is 0 Å². The fourth-order valence-electron chi connectivity index (χ4n) is 1.91. The molecule has 2 aromatic heterocycles. The average Bonchev–Trinajstić information content (AvgIpc) is 3.10. The predicted molar refractivity (Wildman–Crippen MR) is 89.2 cm³/mol. The van der Waals surface area contributed by atoms with Gasteiger partial charge in [0.1, 0.15) is 9.88 Å². The highest BCUT2D eigenvalue weighted by atomic mass is 32.2. The number of aryl methyl sites for hydroxylation is 1. The summed E-state index contributed by atoms with van der Waals surface area (Å²) in [5.74, 6) is -0.140. The summed E-state index contributed by atoms with van der Waals surface area (Å²) in [7, 11) is 1.61. The van der Waals surface area contributed by atoms with Gasteiger partial charge < -0.3 is 20.9 Å². The molecular weight excluding hydrogens is 306 g/mol. The lowest BCUT2D eigenvalue weighted by atomic mass is 10.3. The fourth-order valence-corrected chi connectivity index (χ4v) is 3.92. The van der Waals surface area contributed by atoms with E-state index in [1.54, 1.807) is 31.3 Å². The summed E-state index contributed by atoms with van der Waals surface area (Å²) < 4.78 is 2.04. The topological polar surface area (TPSA) is 85.0 Å². The molecule has 2 aromatic rings. The second-order valence-electron chi connectivity index (χ2n) is 4.37. The number of carbonyl (C=O) groups excluding carboxylic acids is 1. The molecular formula is C13H19N5OS2. The van der Waals surface area contributed by atoms with Crippen molar-refractivity contribution in [1.29, 1.82) is 0 Å². The number of nitrogens with zero attached hydrogens (tertiary/aromatic N) is 2. The van der Waals surface area contributed by atoms with Crippen molar-refractivity contribution in [3.8, 4) is 0 Å². The number of nitrogens with one attached hydrogen (secondary N) is 2. The van der Waals surface area contributed by atoms with Crippen LogP contribution < -0.4 is 16.4 Å². The number of amides is 1. The molecule has 0 saturated heterocycles. The zero-order valence-electron chi connectivity index (χ0n) is 12.0. The molecule has 0 radical (unpaired) electrons. The molecule has 0 aliphatic heterocycles. The molecule has 2 heterocycles. The van der Waals surface area contributed by atoms with Crippen LogP contribution in [0.4, 0.5) is 10.7 Å². The van der Waals surface area contributed by atoms with E-state index in [0.717, 1.165) is 29.4 Å². The number of rotatable bonds is 7. The molecule has 0 spiro atoms. The second kappa shape index (κ2) is 7.37. The Kier molecular flexibility index (Phi) is 5.51. The molecule has 0 atom stereocenters. The number of aromatic nitrogens is 2. The third-order valence-corrected chi connectivity index (χ3v) is 5.10. The molecule has 0 aliphatic rings. The normalized spacial score (nSPS) is 10.6. The standard InChI is InChI=1S/C13H19N5OS2/c1-15-12(19)10-9(14)11(20-2)13(21-10)17-4-3-6-18-7-5-16-8-18/h5,7-8,17H,3-4,6,14H2,1-2H3,(H,15,19). The van der Waals surface area contributed by atoms with E-state index in [2.05, 4.69) is 15.6 Å². The van der Waals surface area contributed by atoms with Crippen LogP contribution in [0.5, 0.6) is 0 Å². The molecule has 114 valence electrons. The number of anilines is 2. The van der Waals surface area contributed by atoms with Gasteiger partial charge in [-0.3, -0.25) is 4.79 Å². The van der Waals surface area contributed by atoms with Gasteiger partial charge in [-0.15, -0.1) is 23.1 Å². The van der Waals surface area contributed by atoms with Crippen LogP contribution in [-0.2, 0) is 6.54 Å². The van der Waals surface area contributed by atoms with Gasteiger partial charge in [-0.05, 0) is 12.7 Å². The highest BCUT2D eigenvalue weighted by Crippen LogP contribution is 2.41. The van der Waals surface area contributed by atoms with E-state index in [9.17, 15) is 4.79 Å². The summed E-state index contributed by atoms with van der Waals surface area (Å²) in [5.41, 5.74) is 6.61. The van der Waals surface area contributed by atoms with Crippen LogP contribution in [0, 0.1) is 0 Å². The van der Waals surface area contributed by atoms with Crippen LogP contribution in [0.3, 0.4) is 0 Å². The minimum Gasteiger partial charge on any atom is -0.396 e. The first-order valence-electron chi connectivity index (χ1n) is 6.55. The van der Waals surface area contributed by atoms with Crippen LogP contribution >= 0.6 is 23.1 Å². The van der Waals surface area contributed by atoms with E-state index in [1.165, 1.54) is 11.3 Å². The maximum Gasteiger partial charge on any atom is 0.263 e. The second-order valence-corrected chi connectivity index (χ2v) is 6.20. The number of hydrogen-bond acceptors (Lipinski definition) is 6. The zero-order valence-corrected chi connectivity index (χ0v) is 13.7. The van der Waals surface area contributed by atoms with E-state index in [0.29, 0.717) is 10.6 Å². The van der Waals surface area contributed by atoms with Crippen molar-refractivity contribution >= 4 is 39.7 Å². The van der Waals surface area contributed by atoms with Gasteiger partial charge in [0.25, 0.3) is 5.91 Å². The first-order valence-corrected chi connectivity index (χ1v) is 8.59. The molecule has 0 saturated carbocycles. The Labute approximate surface area is 132 Å². The number of imidazole rings is 1. The van der Waals surface area contributed by atoms with E-state index in [-0.39, 0.29) is 5.91 Å². The lowest BCUT2D eigenvalue weighted by Crippen LogP contribution is -2.17. The van der Waals surface area contributed by atoms with Crippen molar-refractivity contribution in [1.82, 2.24) is 14.9 Å². The zero-order chi connectivity index (χ0) is 15.2. The smallest absolute Gasteiger partial charge is 0.263 e. The number of nitrogens with two attached hydrogens (primary N) is 1. The van der Waals surface area contributed by atoms with Crippen LogP contribution in [0.25, 0.3) is 0 Å². The number of thioether (sulfide) groups is 1. The van der Waals surface area contributed by atoms with Gasteiger partial charge in [0.15, 0.2) is 0 Å². The molecule has 2 rings (SSSR count). The molecule has 0 aromatic carbocycles. The van der Waals surface area contributed by atoms with Gasteiger partial charge in [0.05, 0.1) is 16.9 Å². The monoisotopic (exact) mass is 325 g/mol. The Morgan fingerprint density at radius 2 is 2.38 bits per heavy atom. The Balaban J connectivity index is 1.97. The molecule has 0 unspecified atom stereocenters. The quantitative estimate of drug-likeness (QED) is 0.536. The van der Waals surface area contributed by atoms with Gasteiger partial charge in [0, 0.05) is 32.5 Å². The maximum absolute atomic E-state index is 11.8. The van der Waals surface area contributed by atoms with Crippen molar-refractivity contribution in [2.45, 2.75) is 17.9 Å². The van der Waals surface area contributed by atoms with Crippen LogP contribution in [0.1, 0.15) is 16.1 Å². The Morgan fingerprint density at radius 1 is 1.57 bits per heavy atom. The molecule has 0 aliphatic carbocycles. The van der Waals surface area contributed by atoms with E-state index < -0.39 is 0 Å². The first-order chi connectivity index (χ1) is 10.2. The molecule has 0 fully saturated rings. The molecule has 21 heavy (non-hydrogen) atoms. The minimum atomic E-state index is -0.140. The summed E-state index contributed by atoms with van der Waals surface area (Å²) in [4.78, 5) is 17.3. The van der Waals surface area contributed by atoms with Crippen molar-refractivity contribution in [3.05, 3.63) is 23.6 Å². The predicted octanol–water partition coefficient (Wildman–Crippen LogP) is 2.11. The number of thiophene rings is 1. The average molecular weight is 325 g/mol. The fraction of sp³-hybridized carbons (Fsp3) is 0.385. The molecule has 1 amide bonds. The lowest BCUT2D eigenvalue weighted by Gasteiger charge is -2.06. The summed E-state index contributed by atoms with van der Waals surface area (Å²) >= 11 is 2.96. The third-order valence-electron chi connectivity index (χ3n) is 2.97. The van der Waals surface area contributed by atoms with E-state index in [4.69, 9.17) is 5.73 Å². The van der Waals surface area contributed by atoms with E-state index in [1.807, 2.05) is 17.0 Å². The van der Waals surface area contributed by atoms with Gasteiger partial charge in [-0.25, -0.2) is 4.98 Å². The molecule has 6 nitrogen and oxygen atoms in total. The van der Waals surface area contributed by atoms with Crippen LogP contribution in [0.15, 0.2) is 23.6 Å². The number of nitrogen functional groups attached to an aromatic ring is 1. The summed E-state index contributed by atoms with van der Waals surface area (Å²) in [6.07, 6.45) is 8.45. The van der Waals surface area contributed by atoms with Crippen molar-refractivity contribution in [2.24, 2.45) is 0 Å². The van der Waals surface area contributed by atoms with Crippen molar-refractivity contribution in [3.63, 3.8) is 0 Å². The van der Waals surface area contributed by atoms with E-state index >= 15 is 0 Å². The maximum atomic E-state index is 11.8.